The zero-order valence-electron chi connectivity index (χ0n) is 15.5. The van der Waals surface area contributed by atoms with Crippen LogP contribution in [0, 0.1) is 10.1 Å². The number of anilines is 1. The lowest BCUT2D eigenvalue weighted by atomic mass is 9.73. The number of Topliss-reactive ketones (excluding diaryl/α,β-unsaturated/α-hetero) is 1. The number of carbonyl (C=O) groups excluding carboxylic acids is 1. The number of nitro groups is 1. The molecule has 152 valence electrons. The SMILES string of the molecule is O=C1C[C@H](c2cccs2)CC2=C1[C@H](c1cc([N+](=O)[O-])ccc1O)c1c([nH][nH]c1=O)N2. The lowest BCUT2D eigenvalue weighted by molar-refractivity contribution is -0.384. The van der Waals surface area contributed by atoms with Gasteiger partial charge < -0.3 is 10.4 Å². The van der Waals surface area contributed by atoms with Gasteiger partial charge in [-0.2, -0.15) is 0 Å². The Morgan fingerprint density at radius 1 is 1.17 bits per heavy atom. The van der Waals surface area contributed by atoms with Crippen molar-refractivity contribution in [2.75, 3.05) is 5.32 Å². The zero-order chi connectivity index (χ0) is 21.0. The van der Waals surface area contributed by atoms with Crippen LogP contribution < -0.4 is 10.9 Å². The number of aromatic hydroxyl groups is 1. The fourth-order valence-electron chi connectivity index (χ4n) is 4.34. The average Bonchev–Trinajstić information content (AvgIpc) is 3.37. The smallest absolute Gasteiger partial charge is 0.270 e. The highest BCUT2D eigenvalue weighted by Gasteiger charge is 2.41. The minimum Gasteiger partial charge on any atom is -0.508 e. The fourth-order valence-corrected chi connectivity index (χ4v) is 5.17. The van der Waals surface area contributed by atoms with Crippen molar-refractivity contribution in [1.29, 1.82) is 0 Å². The number of aromatic nitrogens is 2. The number of carbonyl (C=O) groups is 1. The molecule has 2 aliphatic rings. The third-order valence-electron chi connectivity index (χ3n) is 5.65. The van der Waals surface area contributed by atoms with Crippen LogP contribution in [-0.4, -0.2) is 26.0 Å². The number of benzene rings is 1. The summed E-state index contributed by atoms with van der Waals surface area (Å²) in [6, 6.07) is 7.56. The van der Waals surface area contributed by atoms with E-state index < -0.39 is 16.4 Å². The second-order valence-corrected chi connectivity index (χ2v) is 8.34. The van der Waals surface area contributed by atoms with E-state index in [0.29, 0.717) is 23.5 Å². The molecule has 2 atom stereocenters. The number of ketones is 1. The van der Waals surface area contributed by atoms with Crippen LogP contribution >= 0.6 is 11.3 Å². The number of nitrogens with zero attached hydrogens (tertiary/aromatic N) is 1. The van der Waals surface area contributed by atoms with Crippen molar-refractivity contribution in [3.8, 4) is 5.75 Å². The molecular formula is C20H16N4O5S. The summed E-state index contributed by atoms with van der Waals surface area (Å²) in [7, 11) is 0. The third kappa shape index (κ3) is 2.76. The summed E-state index contributed by atoms with van der Waals surface area (Å²) >= 11 is 1.58. The monoisotopic (exact) mass is 424 g/mol. The number of phenolic OH excluding ortho intramolecular Hbond substituents is 1. The number of thiophene rings is 1. The molecule has 0 bridgehead atoms. The first-order valence-electron chi connectivity index (χ1n) is 9.28. The van der Waals surface area contributed by atoms with E-state index in [1.165, 1.54) is 18.2 Å². The number of allylic oxidation sites excluding steroid dienone is 2. The van der Waals surface area contributed by atoms with E-state index in [-0.39, 0.29) is 40.7 Å². The number of nitro benzene ring substituents is 1. The number of hydrogen-bond acceptors (Lipinski definition) is 7. The molecule has 9 nitrogen and oxygen atoms in total. The largest absolute Gasteiger partial charge is 0.508 e. The van der Waals surface area contributed by atoms with Crippen LogP contribution in [0.15, 0.2) is 51.8 Å². The molecule has 3 heterocycles. The van der Waals surface area contributed by atoms with E-state index in [2.05, 4.69) is 15.5 Å². The summed E-state index contributed by atoms with van der Waals surface area (Å²) in [5.74, 6) is -0.851. The Morgan fingerprint density at radius 3 is 2.73 bits per heavy atom. The molecule has 0 spiro atoms. The molecule has 1 aromatic carbocycles. The Labute approximate surface area is 173 Å². The topological polar surface area (TPSA) is 141 Å². The predicted molar refractivity (Wildman–Crippen MR) is 110 cm³/mol. The Hall–Kier alpha value is -3.66. The lowest BCUT2D eigenvalue weighted by Gasteiger charge is -2.34. The first-order valence-corrected chi connectivity index (χ1v) is 10.2. The predicted octanol–water partition coefficient (Wildman–Crippen LogP) is 3.34. The Morgan fingerprint density at radius 2 is 2.00 bits per heavy atom. The van der Waals surface area contributed by atoms with Crippen molar-refractivity contribution in [3.63, 3.8) is 0 Å². The van der Waals surface area contributed by atoms with Crippen molar-refractivity contribution >= 4 is 28.6 Å². The minimum atomic E-state index is -0.900. The number of H-pyrrole nitrogens is 2. The Balaban J connectivity index is 1.70. The first kappa shape index (κ1) is 18.4. The maximum absolute atomic E-state index is 13.3. The average molecular weight is 424 g/mol. The van der Waals surface area contributed by atoms with Gasteiger partial charge in [0.05, 0.1) is 16.4 Å². The van der Waals surface area contributed by atoms with E-state index in [9.17, 15) is 24.8 Å². The van der Waals surface area contributed by atoms with Gasteiger partial charge in [0.15, 0.2) is 5.78 Å². The van der Waals surface area contributed by atoms with Gasteiger partial charge in [-0.15, -0.1) is 11.3 Å². The van der Waals surface area contributed by atoms with Gasteiger partial charge in [0.1, 0.15) is 11.6 Å². The Bertz CT molecular complexity index is 1270. The van der Waals surface area contributed by atoms with Crippen molar-refractivity contribution < 1.29 is 14.8 Å². The second-order valence-electron chi connectivity index (χ2n) is 7.36. The van der Waals surface area contributed by atoms with Gasteiger partial charge in [0.25, 0.3) is 11.2 Å². The quantitative estimate of drug-likeness (QED) is 0.375. The van der Waals surface area contributed by atoms with E-state index >= 15 is 0 Å². The molecule has 0 fully saturated rings. The number of nitrogens with one attached hydrogen (secondary N) is 3. The van der Waals surface area contributed by atoms with Gasteiger partial charge in [-0.05, 0) is 23.9 Å². The molecule has 0 amide bonds. The maximum Gasteiger partial charge on any atom is 0.270 e. The van der Waals surface area contributed by atoms with Crippen LogP contribution in [0.3, 0.4) is 0 Å². The van der Waals surface area contributed by atoms with Gasteiger partial charge in [0, 0.05) is 46.2 Å². The van der Waals surface area contributed by atoms with Crippen molar-refractivity contribution in [2.24, 2.45) is 0 Å². The van der Waals surface area contributed by atoms with Crippen LogP contribution in [0.2, 0.25) is 0 Å². The highest BCUT2D eigenvalue weighted by atomic mass is 32.1. The molecule has 10 heteroatoms. The number of rotatable bonds is 3. The molecule has 1 aliphatic carbocycles. The van der Waals surface area contributed by atoms with E-state index in [0.717, 1.165) is 4.88 Å². The summed E-state index contributed by atoms with van der Waals surface area (Å²) < 4.78 is 0. The van der Waals surface area contributed by atoms with Crippen molar-refractivity contribution in [1.82, 2.24) is 10.2 Å². The second kappa shape index (κ2) is 6.70. The van der Waals surface area contributed by atoms with Gasteiger partial charge in [-0.25, -0.2) is 0 Å². The van der Waals surface area contributed by atoms with Gasteiger partial charge in [-0.1, -0.05) is 6.07 Å². The number of hydrogen-bond donors (Lipinski definition) is 4. The van der Waals surface area contributed by atoms with Crippen LogP contribution in [0.4, 0.5) is 11.5 Å². The molecule has 3 aromatic rings. The van der Waals surface area contributed by atoms with Crippen LogP contribution in [0.25, 0.3) is 0 Å². The fraction of sp³-hybridized carbons (Fsp3) is 0.200. The standard InChI is InChI=1S/C20H16N4O5S/c25-13-4-3-10(24(28)29)8-11(13)16-17-12(21-19-18(16)20(27)23-22-19)6-9(7-14(17)26)15-2-1-5-30-15/h1-5,8-9,16,25H,6-7H2,(H3,21,22,23,27)/t9-,16+/m1/s1. The Kier molecular flexibility index (Phi) is 4.10. The molecule has 4 N–H and O–H groups in total. The summed E-state index contributed by atoms with van der Waals surface area (Å²) in [6.07, 6.45) is 0.825. The van der Waals surface area contributed by atoms with E-state index in [4.69, 9.17) is 0 Å². The highest BCUT2D eigenvalue weighted by molar-refractivity contribution is 7.10. The molecule has 30 heavy (non-hydrogen) atoms. The normalized spacial score (nSPS) is 20.5. The van der Waals surface area contributed by atoms with Gasteiger partial charge in [-0.3, -0.25) is 29.9 Å². The van der Waals surface area contributed by atoms with E-state index in [1.807, 2.05) is 17.5 Å². The minimum absolute atomic E-state index is 0.00956. The highest BCUT2D eigenvalue weighted by Crippen LogP contribution is 2.49. The molecule has 0 unspecified atom stereocenters. The van der Waals surface area contributed by atoms with Crippen molar-refractivity contribution in [3.05, 3.63) is 83.5 Å². The molecule has 0 saturated carbocycles. The van der Waals surface area contributed by atoms with Crippen LogP contribution in [-0.2, 0) is 4.79 Å². The summed E-state index contributed by atoms with van der Waals surface area (Å²) in [5, 5.41) is 32.2. The molecular weight excluding hydrogens is 408 g/mol. The van der Waals surface area contributed by atoms with Crippen LogP contribution in [0.5, 0.6) is 5.75 Å². The number of fused-ring (bicyclic) bond motifs is 1. The van der Waals surface area contributed by atoms with Gasteiger partial charge in [0.2, 0.25) is 0 Å². The first-order chi connectivity index (χ1) is 14.4. The summed E-state index contributed by atoms with van der Waals surface area (Å²) in [5.41, 5.74) is 0.740. The lowest BCUT2D eigenvalue weighted by Crippen LogP contribution is -2.31. The molecule has 5 rings (SSSR count). The summed E-state index contributed by atoms with van der Waals surface area (Å²) in [6.45, 7) is 0. The molecule has 0 radical (unpaired) electrons. The molecule has 1 aliphatic heterocycles. The van der Waals surface area contributed by atoms with Gasteiger partial charge >= 0.3 is 0 Å². The maximum atomic E-state index is 13.3. The number of aromatic amines is 2. The van der Waals surface area contributed by atoms with E-state index in [1.54, 1.807) is 11.3 Å². The molecule has 2 aromatic heterocycles. The molecule has 0 saturated heterocycles. The van der Waals surface area contributed by atoms with Crippen molar-refractivity contribution in [2.45, 2.75) is 24.7 Å². The number of phenols is 1. The third-order valence-corrected chi connectivity index (χ3v) is 6.69. The summed E-state index contributed by atoms with van der Waals surface area (Å²) in [4.78, 5) is 37.6. The zero-order valence-corrected chi connectivity index (χ0v) is 16.3. The number of non-ortho nitro benzene ring substituents is 1. The van der Waals surface area contributed by atoms with Crippen LogP contribution in [0.1, 0.15) is 40.7 Å².